The SMILES string of the molecule is C[C@H](C(=O)Nc1ccc(Cl)cc1Cl)N1CCN(C(c2ccccc2)c2ccccc2)CC1. The van der Waals surface area contributed by atoms with Gasteiger partial charge in [-0.2, -0.15) is 0 Å². The summed E-state index contributed by atoms with van der Waals surface area (Å²) in [5.74, 6) is -0.0645. The van der Waals surface area contributed by atoms with E-state index in [0.717, 1.165) is 26.2 Å². The summed E-state index contributed by atoms with van der Waals surface area (Å²) >= 11 is 12.2. The fraction of sp³-hybridized carbons (Fsp3) is 0.269. The molecule has 32 heavy (non-hydrogen) atoms. The van der Waals surface area contributed by atoms with Gasteiger partial charge in [-0.05, 0) is 36.2 Å². The van der Waals surface area contributed by atoms with Gasteiger partial charge < -0.3 is 5.32 Å². The highest BCUT2D eigenvalue weighted by atomic mass is 35.5. The van der Waals surface area contributed by atoms with Crippen LogP contribution in [0.15, 0.2) is 78.9 Å². The molecule has 166 valence electrons. The first-order valence-corrected chi connectivity index (χ1v) is 11.6. The Morgan fingerprint density at radius 2 is 1.34 bits per heavy atom. The van der Waals surface area contributed by atoms with Crippen LogP contribution in [0, 0.1) is 0 Å². The number of nitrogens with one attached hydrogen (secondary N) is 1. The Kier molecular flexibility index (Phi) is 7.48. The monoisotopic (exact) mass is 467 g/mol. The minimum atomic E-state index is -0.254. The minimum absolute atomic E-state index is 0.0645. The van der Waals surface area contributed by atoms with E-state index in [1.54, 1.807) is 18.2 Å². The number of anilines is 1. The van der Waals surface area contributed by atoms with Crippen molar-refractivity contribution in [1.29, 1.82) is 0 Å². The molecule has 0 aromatic heterocycles. The van der Waals surface area contributed by atoms with Gasteiger partial charge in [-0.15, -0.1) is 0 Å². The van der Waals surface area contributed by atoms with Crippen molar-refractivity contribution < 1.29 is 4.79 Å². The zero-order valence-electron chi connectivity index (χ0n) is 18.0. The number of hydrogen-bond donors (Lipinski definition) is 1. The lowest BCUT2D eigenvalue weighted by Crippen LogP contribution is -2.53. The molecule has 1 atom stereocenters. The Labute approximate surface area is 199 Å². The van der Waals surface area contributed by atoms with E-state index in [9.17, 15) is 4.79 Å². The van der Waals surface area contributed by atoms with Gasteiger partial charge in [-0.1, -0.05) is 83.9 Å². The molecular formula is C26H27Cl2N3O. The van der Waals surface area contributed by atoms with Gasteiger partial charge in [0.05, 0.1) is 22.8 Å². The number of piperazine rings is 1. The zero-order valence-corrected chi connectivity index (χ0v) is 19.6. The molecule has 3 aromatic carbocycles. The van der Waals surface area contributed by atoms with Gasteiger partial charge in [0.1, 0.15) is 0 Å². The molecule has 4 rings (SSSR count). The minimum Gasteiger partial charge on any atom is -0.323 e. The van der Waals surface area contributed by atoms with Crippen LogP contribution in [0.2, 0.25) is 10.0 Å². The second-order valence-electron chi connectivity index (χ2n) is 8.09. The molecule has 1 aliphatic heterocycles. The summed E-state index contributed by atoms with van der Waals surface area (Å²) in [4.78, 5) is 17.6. The Morgan fingerprint density at radius 3 is 1.88 bits per heavy atom. The molecule has 3 aromatic rings. The van der Waals surface area contributed by atoms with Crippen molar-refractivity contribution in [1.82, 2.24) is 9.80 Å². The Balaban J connectivity index is 1.42. The van der Waals surface area contributed by atoms with Gasteiger partial charge >= 0.3 is 0 Å². The lowest BCUT2D eigenvalue weighted by Gasteiger charge is -2.41. The molecule has 1 N–H and O–H groups in total. The summed E-state index contributed by atoms with van der Waals surface area (Å²) < 4.78 is 0. The fourth-order valence-corrected chi connectivity index (χ4v) is 4.72. The predicted octanol–water partition coefficient (Wildman–Crippen LogP) is 5.73. The van der Waals surface area contributed by atoms with Crippen molar-refractivity contribution in [2.45, 2.75) is 19.0 Å². The van der Waals surface area contributed by atoms with Crippen LogP contribution in [0.5, 0.6) is 0 Å². The van der Waals surface area contributed by atoms with Crippen LogP contribution < -0.4 is 5.32 Å². The number of benzene rings is 3. The summed E-state index contributed by atoms with van der Waals surface area (Å²) in [5, 5.41) is 3.92. The second kappa shape index (κ2) is 10.5. The maximum absolute atomic E-state index is 12.8. The highest BCUT2D eigenvalue weighted by Gasteiger charge is 2.30. The van der Waals surface area contributed by atoms with Crippen LogP contribution in [-0.2, 0) is 4.79 Å². The van der Waals surface area contributed by atoms with Gasteiger partial charge in [-0.3, -0.25) is 14.6 Å². The fourth-order valence-electron chi connectivity index (χ4n) is 4.26. The molecule has 1 amide bonds. The van der Waals surface area contributed by atoms with E-state index in [-0.39, 0.29) is 18.0 Å². The predicted molar refractivity (Wildman–Crippen MR) is 132 cm³/mol. The normalized spacial score (nSPS) is 16.1. The Hall–Kier alpha value is -2.37. The topological polar surface area (TPSA) is 35.6 Å². The van der Waals surface area contributed by atoms with E-state index in [4.69, 9.17) is 23.2 Å². The second-order valence-corrected chi connectivity index (χ2v) is 8.93. The number of carbonyl (C=O) groups is 1. The first-order valence-electron chi connectivity index (χ1n) is 10.9. The molecule has 1 fully saturated rings. The third kappa shape index (κ3) is 5.33. The smallest absolute Gasteiger partial charge is 0.241 e. The van der Waals surface area contributed by atoms with E-state index in [1.807, 2.05) is 6.92 Å². The number of amides is 1. The number of nitrogens with zero attached hydrogens (tertiary/aromatic N) is 2. The van der Waals surface area contributed by atoms with Gasteiger partial charge in [0, 0.05) is 31.2 Å². The van der Waals surface area contributed by atoms with Crippen LogP contribution in [0.1, 0.15) is 24.1 Å². The number of hydrogen-bond acceptors (Lipinski definition) is 3. The van der Waals surface area contributed by atoms with Crippen molar-refractivity contribution in [2.24, 2.45) is 0 Å². The van der Waals surface area contributed by atoms with Crippen LogP contribution in [0.25, 0.3) is 0 Å². The Bertz CT molecular complexity index is 998. The maximum atomic E-state index is 12.8. The van der Waals surface area contributed by atoms with E-state index in [2.05, 4.69) is 75.8 Å². The summed E-state index contributed by atoms with van der Waals surface area (Å²) in [5.41, 5.74) is 3.16. The highest BCUT2D eigenvalue weighted by Crippen LogP contribution is 2.30. The lowest BCUT2D eigenvalue weighted by atomic mass is 9.96. The van der Waals surface area contributed by atoms with Crippen LogP contribution in [0.3, 0.4) is 0 Å². The molecule has 0 bridgehead atoms. The van der Waals surface area contributed by atoms with Crippen LogP contribution in [-0.4, -0.2) is 47.9 Å². The molecule has 0 spiro atoms. The molecule has 1 aliphatic rings. The molecule has 4 nitrogen and oxygen atoms in total. The molecule has 6 heteroatoms. The molecule has 0 radical (unpaired) electrons. The average molecular weight is 468 g/mol. The van der Waals surface area contributed by atoms with E-state index >= 15 is 0 Å². The van der Waals surface area contributed by atoms with Crippen molar-refractivity contribution in [3.05, 3.63) is 100 Å². The molecular weight excluding hydrogens is 441 g/mol. The largest absolute Gasteiger partial charge is 0.323 e. The molecule has 1 saturated heterocycles. The standard InChI is InChI=1S/C26H27Cl2N3O/c1-19(26(32)29-24-13-12-22(27)18-23(24)28)30-14-16-31(17-15-30)25(20-8-4-2-5-9-20)21-10-6-3-7-11-21/h2-13,18-19,25H,14-17H2,1H3,(H,29,32)/t19-/m1/s1. The molecule has 0 unspecified atom stereocenters. The zero-order chi connectivity index (χ0) is 22.5. The first kappa shape index (κ1) is 22.8. The maximum Gasteiger partial charge on any atom is 0.241 e. The van der Waals surface area contributed by atoms with Crippen molar-refractivity contribution in [3.8, 4) is 0 Å². The van der Waals surface area contributed by atoms with Gasteiger partial charge in [-0.25, -0.2) is 0 Å². The van der Waals surface area contributed by atoms with Crippen molar-refractivity contribution >= 4 is 34.8 Å². The van der Waals surface area contributed by atoms with E-state index in [0.29, 0.717) is 15.7 Å². The van der Waals surface area contributed by atoms with Crippen molar-refractivity contribution in [2.75, 3.05) is 31.5 Å². The number of halogens is 2. The van der Waals surface area contributed by atoms with Gasteiger partial charge in [0.15, 0.2) is 0 Å². The number of rotatable bonds is 6. The van der Waals surface area contributed by atoms with E-state index in [1.165, 1.54) is 11.1 Å². The summed E-state index contributed by atoms with van der Waals surface area (Å²) in [6.45, 7) is 5.35. The lowest BCUT2D eigenvalue weighted by molar-refractivity contribution is -0.121. The van der Waals surface area contributed by atoms with E-state index < -0.39 is 0 Å². The molecule has 0 aliphatic carbocycles. The third-order valence-corrected chi connectivity index (χ3v) is 6.61. The summed E-state index contributed by atoms with van der Waals surface area (Å²) in [6, 6.07) is 26.3. The molecule has 1 heterocycles. The van der Waals surface area contributed by atoms with Crippen molar-refractivity contribution in [3.63, 3.8) is 0 Å². The quantitative estimate of drug-likeness (QED) is 0.502. The average Bonchev–Trinajstić information content (AvgIpc) is 2.82. The van der Waals surface area contributed by atoms with Gasteiger partial charge in [0.2, 0.25) is 5.91 Å². The Morgan fingerprint density at radius 1 is 0.812 bits per heavy atom. The molecule has 0 saturated carbocycles. The van der Waals surface area contributed by atoms with Crippen LogP contribution in [0.4, 0.5) is 5.69 Å². The summed E-state index contributed by atoms with van der Waals surface area (Å²) in [6.07, 6.45) is 0. The van der Waals surface area contributed by atoms with Gasteiger partial charge in [0.25, 0.3) is 0 Å². The summed E-state index contributed by atoms with van der Waals surface area (Å²) in [7, 11) is 0. The number of carbonyl (C=O) groups excluding carboxylic acids is 1. The third-order valence-electron chi connectivity index (χ3n) is 6.06. The first-order chi connectivity index (χ1) is 15.5. The van der Waals surface area contributed by atoms with Crippen LogP contribution >= 0.6 is 23.2 Å². The highest BCUT2D eigenvalue weighted by molar-refractivity contribution is 6.36.